The Balaban J connectivity index is 1.56. The molecule has 156 valence electrons. The molecule has 0 aliphatic heterocycles. The van der Waals surface area contributed by atoms with Crippen molar-refractivity contribution in [2.75, 3.05) is 11.1 Å². The van der Waals surface area contributed by atoms with Gasteiger partial charge in [0.1, 0.15) is 5.82 Å². The minimum Gasteiger partial charge on any atom is -0.397 e. The molecule has 3 aromatic carbocycles. The highest BCUT2D eigenvalue weighted by Gasteiger charge is 2.25. The predicted molar refractivity (Wildman–Crippen MR) is 121 cm³/mol. The van der Waals surface area contributed by atoms with Crippen LogP contribution in [-0.4, -0.2) is 17.9 Å². The van der Waals surface area contributed by atoms with Crippen LogP contribution in [0.15, 0.2) is 72.8 Å². The molecule has 4 rings (SSSR count). The van der Waals surface area contributed by atoms with E-state index >= 15 is 0 Å². The summed E-state index contributed by atoms with van der Waals surface area (Å²) in [6.45, 7) is 0. The number of nitrogens with two attached hydrogens (primary N) is 1. The maximum atomic E-state index is 13.3. The molecule has 0 atom stereocenters. The van der Waals surface area contributed by atoms with Gasteiger partial charge in [-0.05, 0) is 66.4 Å². The highest BCUT2D eigenvalue weighted by atomic mass is 19.1. The van der Waals surface area contributed by atoms with Crippen molar-refractivity contribution in [2.45, 2.75) is 18.9 Å². The van der Waals surface area contributed by atoms with E-state index in [-0.39, 0.29) is 23.7 Å². The second-order valence-corrected chi connectivity index (χ2v) is 7.48. The molecule has 0 aromatic heterocycles. The van der Waals surface area contributed by atoms with E-state index in [1.54, 1.807) is 66.7 Å². The molecular formula is C25H22FN3O2. The average Bonchev–Trinajstić information content (AvgIpc) is 3.59. The predicted octanol–water partition coefficient (Wildman–Crippen LogP) is 4.48. The Labute approximate surface area is 179 Å². The Morgan fingerprint density at radius 2 is 1.55 bits per heavy atom. The third-order valence-corrected chi connectivity index (χ3v) is 5.01. The summed E-state index contributed by atoms with van der Waals surface area (Å²) >= 11 is 0. The lowest BCUT2D eigenvalue weighted by atomic mass is 10.0. The van der Waals surface area contributed by atoms with E-state index in [1.165, 1.54) is 12.1 Å². The summed E-state index contributed by atoms with van der Waals surface area (Å²) in [5.41, 5.74) is 9.20. The van der Waals surface area contributed by atoms with Crippen LogP contribution < -0.4 is 16.4 Å². The molecule has 0 heterocycles. The quantitative estimate of drug-likeness (QED) is 0.315. The molecular weight excluding hydrogens is 393 g/mol. The van der Waals surface area contributed by atoms with Crippen molar-refractivity contribution >= 4 is 34.8 Å². The van der Waals surface area contributed by atoms with Gasteiger partial charge >= 0.3 is 0 Å². The normalized spacial score (nSPS) is 13.5. The second kappa shape index (κ2) is 8.83. The van der Waals surface area contributed by atoms with Crippen LogP contribution in [0, 0.1) is 5.82 Å². The van der Waals surface area contributed by atoms with E-state index in [4.69, 9.17) is 5.73 Å². The van der Waals surface area contributed by atoms with Gasteiger partial charge in [0.2, 0.25) is 0 Å². The van der Waals surface area contributed by atoms with Gasteiger partial charge in [-0.3, -0.25) is 9.59 Å². The van der Waals surface area contributed by atoms with Gasteiger partial charge in [0.25, 0.3) is 11.8 Å². The molecule has 1 aliphatic rings. The van der Waals surface area contributed by atoms with Crippen LogP contribution in [0.4, 0.5) is 15.8 Å². The first kappa shape index (κ1) is 20.3. The molecule has 6 heteroatoms. The summed E-state index contributed by atoms with van der Waals surface area (Å²) in [6, 6.07) is 20.0. The molecule has 1 saturated carbocycles. The Hall–Kier alpha value is -3.93. The zero-order valence-corrected chi connectivity index (χ0v) is 16.8. The summed E-state index contributed by atoms with van der Waals surface area (Å²) in [5, 5.41) is 5.76. The lowest BCUT2D eigenvalue weighted by Gasteiger charge is -2.10. The lowest BCUT2D eigenvalue weighted by molar-refractivity contribution is -0.115. The number of anilines is 2. The van der Waals surface area contributed by atoms with Crippen LogP contribution in [0.1, 0.15) is 34.3 Å². The number of nitrogen functional groups attached to an aromatic ring is 1. The summed E-state index contributed by atoms with van der Waals surface area (Å²) in [7, 11) is 0. The monoisotopic (exact) mass is 415 g/mol. The van der Waals surface area contributed by atoms with Crippen LogP contribution >= 0.6 is 0 Å². The largest absolute Gasteiger partial charge is 0.397 e. The smallest absolute Gasteiger partial charge is 0.255 e. The van der Waals surface area contributed by atoms with Crippen molar-refractivity contribution in [1.29, 1.82) is 0 Å². The molecule has 31 heavy (non-hydrogen) atoms. The Kier molecular flexibility index (Phi) is 5.80. The number of hydrogen-bond acceptors (Lipinski definition) is 3. The molecule has 4 N–H and O–H groups in total. The van der Waals surface area contributed by atoms with Gasteiger partial charge < -0.3 is 16.4 Å². The van der Waals surface area contributed by atoms with Crippen LogP contribution in [0.5, 0.6) is 0 Å². The minimum atomic E-state index is -0.361. The fourth-order valence-corrected chi connectivity index (χ4v) is 3.10. The van der Waals surface area contributed by atoms with Gasteiger partial charge in [-0.2, -0.15) is 0 Å². The average molecular weight is 415 g/mol. The second-order valence-electron chi connectivity index (χ2n) is 7.48. The minimum absolute atomic E-state index is 0.199. The Morgan fingerprint density at radius 1 is 0.903 bits per heavy atom. The molecule has 0 spiro atoms. The third kappa shape index (κ3) is 5.17. The lowest BCUT2D eigenvalue weighted by Crippen LogP contribution is -2.26. The first-order valence-corrected chi connectivity index (χ1v) is 10.0. The maximum absolute atomic E-state index is 13.3. The summed E-state index contributed by atoms with van der Waals surface area (Å²) < 4.78 is 13.3. The third-order valence-electron chi connectivity index (χ3n) is 5.01. The van der Waals surface area contributed by atoms with E-state index < -0.39 is 0 Å². The van der Waals surface area contributed by atoms with Gasteiger partial charge in [0.15, 0.2) is 0 Å². The number of para-hydroxylation sites is 2. The number of nitrogens with one attached hydrogen (secondary N) is 2. The van der Waals surface area contributed by atoms with Crippen LogP contribution in [0.25, 0.3) is 11.6 Å². The fraction of sp³-hybridized carbons (Fsp3) is 0.120. The number of hydrogen-bond donors (Lipinski definition) is 3. The van der Waals surface area contributed by atoms with Crippen molar-refractivity contribution < 1.29 is 14.0 Å². The fourth-order valence-electron chi connectivity index (χ4n) is 3.10. The van der Waals surface area contributed by atoms with Gasteiger partial charge in [-0.1, -0.05) is 36.4 Å². The van der Waals surface area contributed by atoms with Crippen molar-refractivity contribution in [3.05, 3.63) is 95.3 Å². The molecule has 1 aliphatic carbocycles. The van der Waals surface area contributed by atoms with E-state index in [1.807, 2.05) is 0 Å². The van der Waals surface area contributed by atoms with Gasteiger partial charge in [0.05, 0.1) is 11.4 Å². The number of rotatable bonds is 6. The molecule has 0 radical (unpaired) electrons. The maximum Gasteiger partial charge on any atom is 0.255 e. The van der Waals surface area contributed by atoms with Crippen LogP contribution in [-0.2, 0) is 4.79 Å². The number of halogens is 1. The Morgan fingerprint density at radius 3 is 2.19 bits per heavy atom. The van der Waals surface area contributed by atoms with Crippen LogP contribution in [0.2, 0.25) is 0 Å². The molecule has 0 saturated heterocycles. The summed E-state index contributed by atoms with van der Waals surface area (Å²) in [5.74, 6) is -0.839. The number of benzene rings is 3. The molecule has 2 amide bonds. The van der Waals surface area contributed by atoms with Gasteiger partial charge in [0, 0.05) is 17.2 Å². The topological polar surface area (TPSA) is 84.2 Å². The van der Waals surface area contributed by atoms with Crippen molar-refractivity contribution in [3.8, 4) is 0 Å². The standard InChI is InChI=1S/C25H22FN3O2/c26-19-11-9-17(10-12-19)21(25(31)28-20-13-14-20)15-16-5-7-18(8-6-16)24(30)29-23-4-2-1-3-22(23)27/h1-12,15,20H,13-14,27H2,(H,28,31)(H,29,30). The van der Waals surface area contributed by atoms with Crippen molar-refractivity contribution in [2.24, 2.45) is 0 Å². The SMILES string of the molecule is Nc1ccccc1NC(=O)c1ccc(C=C(C(=O)NC2CC2)c2ccc(F)cc2)cc1. The van der Waals surface area contributed by atoms with E-state index in [2.05, 4.69) is 10.6 Å². The zero-order chi connectivity index (χ0) is 21.8. The van der Waals surface area contributed by atoms with Crippen molar-refractivity contribution in [1.82, 2.24) is 5.32 Å². The molecule has 5 nitrogen and oxygen atoms in total. The molecule has 1 fully saturated rings. The van der Waals surface area contributed by atoms with E-state index in [0.29, 0.717) is 28.1 Å². The first-order valence-electron chi connectivity index (χ1n) is 10.0. The number of carbonyl (C=O) groups excluding carboxylic acids is 2. The number of amides is 2. The zero-order valence-electron chi connectivity index (χ0n) is 16.8. The van der Waals surface area contributed by atoms with Crippen molar-refractivity contribution in [3.63, 3.8) is 0 Å². The highest BCUT2D eigenvalue weighted by molar-refractivity contribution is 6.24. The van der Waals surface area contributed by atoms with E-state index in [9.17, 15) is 14.0 Å². The highest BCUT2D eigenvalue weighted by Crippen LogP contribution is 2.24. The summed E-state index contributed by atoms with van der Waals surface area (Å²) in [4.78, 5) is 25.3. The first-order chi connectivity index (χ1) is 15.0. The Bertz CT molecular complexity index is 1130. The molecule has 0 unspecified atom stereocenters. The molecule has 3 aromatic rings. The van der Waals surface area contributed by atoms with Crippen LogP contribution in [0.3, 0.4) is 0 Å². The van der Waals surface area contributed by atoms with Gasteiger partial charge in [-0.25, -0.2) is 4.39 Å². The summed E-state index contributed by atoms with van der Waals surface area (Å²) in [6.07, 6.45) is 3.68. The molecule has 0 bridgehead atoms. The number of carbonyl (C=O) groups is 2. The van der Waals surface area contributed by atoms with E-state index in [0.717, 1.165) is 18.4 Å². The van der Waals surface area contributed by atoms with Gasteiger partial charge in [-0.15, -0.1) is 0 Å².